The maximum absolute atomic E-state index is 5.95. The average Bonchev–Trinajstić information content (AvgIpc) is 2.37. The molecule has 2 nitrogen and oxygen atoms in total. The Morgan fingerprint density at radius 3 is 2.94 bits per heavy atom. The van der Waals surface area contributed by atoms with Crippen LogP contribution in [0.3, 0.4) is 0 Å². The summed E-state index contributed by atoms with van der Waals surface area (Å²) in [6.45, 7) is 6.78. The van der Waals surface area contributed by atoms with E-state index in [2.05, 4.69) is 29.8 Å². The smallest absolute Gasteiger partial charge is 0.129 e. The van der Waals surface area contributed by atoms with Crippen LogP contribution in [-0.2, 0) is 0 Å². The van der Waals surface area contributed by atoms with E-state index in [9.17, 15) is 0 Å². The lowest BCUT2D eigenvalue weighted by Crippen LogP contribution is -2.34. The van der Waals surface area contributed by atoms with Crippen LogP contribution in [0.15, 0.2) is 12.1 Å². The largest absolute Gasteiger partial charge is 0.296 e. The van der Waals surface area contributed by atoms with E-state index >= 15 is 0 Å². The summed E-state index contributed by atoms with van der Waals surface area (Å²) in [7, 11) is 0. The summed E-state index contributed by atoms with van der Waals surface area (Å²) in [4.78, 5) is 7.03. The molecule has 0 bridgehead atoms. The Labute approximate surface area is 115 Å². The lowest BCUT2D eigenvalue weighted by atomic mass is 9.94. The van der Waals surface area contributed by atoms with Crippen LogP contribution in [0.2, 0.25) is 5.15 Å². The van der Waals surface area contributed by atoms with Gasteiger partial charge in [-0.2, -0.15) is 0 Å². The fourth-order valence-corrected chi connectivity index (χ4v) is 3.06. The normalized spacial score (nSPS) is 21.2. The Balaban J connectivity index is 2.16. The monoisotopic (exact) mass is 266 g/mol. The minimum absolute atomic E-state index is 0.551. The molecule has 1 aliphatic heterocycles. The molecule has 100 valence electrons. The highest BCUT2D eigenvalue weighted by Crippen LogP contribution is 2.32. The number of hydrogen-bond acceptors (Lipinski definition) is 2. The Bertz CT molecular complexity index is 392. The zero-order valence-electron chi connectivity index (χ0n) is 11.5. The number of nitrogens with zero attached hydrogens (tertiary/aromatic N) is 2. The zero-order valence-corrected chi connectivity index (χ0v) is 12.2. The highest BCUT2D eigenvalue weighted by molar-refractivity contribution is 6.29. The molecule has 0 N–H and O–H groups in total. The van der Waals surface area contributed by atoms with Crippen LogP contribution in [-0.4, -0.2) is 23.0 Å². The molecule has 1 fully saturated rings. The van der Waals surface area contributed by atoms with Gasteiger partial charge in [0.05, 0.1) is 0 Å². The van der Waals surface area contributed by atoms with E-state index < -0.39 is 0 Å². The van der Waals surface area contributed by atoms with Crippen molar-refractivity contribution in [2.24, 2.45) is 0 Å². The minimum atomic E-state index is 0.551. The summed E-state index contributed by atoms with van der Waals surface area (Å²) in [6.07, 6.45) is 6.47. The van der Waals surface area contributed by atoms with Gasteiger partial charge in [0.2, 0.25) is 0 Å². The van der Waals surface area contributed by atoms with E-state index in [0.717, 1.165) is 5.69 Å². The molecule has 18 heavy (non-hydrogen) atoms. The van der Waals surface area contributed by atoms with E-state index in [1.165, 1.54) is 50.8 Å². The van der Waals surface area contributed by atoms with Gasteiger partial charge < -0.3 is 0 Å². The molecule has 3 heteroatoms. The van der Waals surface area contributed by atoms with Gasteiger partial charge in [-0.15, -0.1) is 0 Å². The van der Waals surface area contributed by atoms with Gasteiger partial charge in [-0.05, 0) is 50.9 Å². The predicted molar refractivity (Wildman–Crippen MR) is 77.1 cm³/mol. The summed E-state index contributed by atoms with van der Waals surface area (Å²) in [5.74, 6) is 0. The SMILES string of the molecule is CCCCN1CCCC[C@H]1c1ccc(Cl)nc1C. The second-order valence-corrected chi connectivity index (χ2v) is 5.60. The van der Waals surface area contributed by atoms with Crippen molar-refractivity contribution in [3.05, 3.63) is 28.5 Å². The molecule has 0 spiro atoms. The van der Waals surface area contributed by atoms with Crippen molar-refractivity contribution >= 4 is 11.6 Å². The number of likely N-dealkylation sites (tertiary alicyclic amines) is 1. The summed E-state index contributed by atoms with van der Waals surface area (Å²) < 4.78 is 0. The maximum atomic E-state index is 5.95. The highest BCUT2D eigenvalue weighted by Gasteiger charge is 2.24. The van der Waals surface area contributed by atoms with Gasteiger partial charge in [0.25, 0.3) is 0 Å². The molecular weight excluding hydrogens is 244 g/mol. The lowest BCUT2D eigenvalue weighted by molar-refractivity contribution is 0.146. The van der Waals surface area contributed by atoms with Gasteiger partial charge in [0.15, 0.2) is 0 Å². The maximum Gasteiger partial charge on any atom is 0.129 e. The predicted octanol–water partition coefficient (Wildman–Crippen LogP) is 4.37. The number of aryl methyl sites for hydroxylation is 1. The number of hydrogen-bond donors (Lipinski definition) is 0. The highest BCUT2D eigenvalue weighted by atomic mass is 35.5. The van der Waals surface area contributed by atoms with Crippen LogP contribution in [0, 0.1) is 6.92 Å². The first-order chi connectivity index (χ1) is 8.72. The Kier molecular flexibility index (Phi) is 5.02. The first-order valence-corrected chi connectivity index (χ1v) is 7.47. The molecule has 1 atom stereocenters. The van der Waals surface area contributed by atoms with Crippen LogP contribution in [0.4, 0.5) is 0 Å². The van der Waals surface area contributed by atoms with Crippen molar-refractivity contribution in [1.82, 2.24) is 9.88 Å². The molecule has 0 aliphatic carbocycles. The van der Waals surface area contributed by atoms with Crippen LogP contribution >= 0.6 is 11.6 Å². The topological polar surface area (TPSA) is 16.1 Å². The van der Waals surface area contributed by atoms with Crippen LogP contribution in [0.1, 0.15) is 56.3 Å². The molecule has 2 rings (SSSR count). The molecule has 0 unspecified atom stereocenters. The number of pyridine rings is 1. The van der Waals surface area contributed by atoms with Gasteiger partial charge in [-0.1, -0.05) is 37.4 Å². The van der Waals surface area contributed by atoms with Gasteiger partial charge in [-0.25, -0.2) is 4.98 Å². The Morgan fingerprint density at radius 1 is 1.39 bits per heavy atom. The van der Waals surface area contributed by atoms with E-state index in [1.807, 2.05) is 6.07 Å². The molecule has 0 radical (unpaired) electrons. The van der Waals surface area contributed by atoms with Crippen molar-refractivity contribution < 1.29 is 0 Å². The van der Waals surface area contributed by atoms with Crippen LogP contribution < -0.4 is 0 Å². The Morgan fingerprint density at radius 2 is 2.22 bits per heavy atom. The summed E-state index contributed by atoms with van der Waals surface area (Å²) in [5.41, 5.74) is 2.46. The number of unbranched alkanes of at least 4 members (excludes halogenated alkanes) is 1. The molecule has 0 aromatic carbocycles. The fraction of sp³-hybridized carbons (Fsp3) is 0.667. The first kappa shape index (κ1) is 13.8. The Hall–Kier alpha value is -0.600. The van der Waals surface area contributed by atoms with Gasteiger partial charge >= 0.3 is 0 Å². The van der Waals surface area contributed by atoms with E-state index in [4.69, 9.17) is 11.6 Å². The van der Waals surface area contributed by atoms with Gasteiger partial charge in [0.1, 0.15) is 5.15 Å². The summed E-state index contributed by atoms with van der Waals surface area (Å²) >= 11 is 5.95. The van der Waals surface area contributed by atoms with Gasteiger partial charge in [0, 0.05) is 11.7 Å². The first-order valence-electron chi connectivity index (χ1n) is 7.09. The quantitative estimate of drug-likeness (QED) is 0.753. The molecule has 0 saturated carbocycles. The van der Waals surface area contributed by atoms with E-state index in [1.54, 1.807) is 0 Å². The third-order valence-corrected chi connectivity index (χ3v) is 4.07. The van der Waals surface area contributed by atoms with Crippen LogP contribution in [0.5, 0.6) is 0 Å². The number of aromatic nitrogens is 1. The fourth-order valence-electron chi connectivity index (χ4n) is 2.87. The van der Waals surface area contributed by atoms with E-state index in [-0.39, 0.29) is 0 Å². The summed E-state index contributed by atoms with van der Waals surface area (Å²) in [5, 5.41) is 0.604. The van der Waals surface area contributed by atoms with Gasteiger partial charge in [-0.3, -0.25) is 4.90 Å². The number of rotatable bonds is 4. The molecular formula is C15H23ClN2. The molecule has 1 aliphatic rings. The van der Waals surface area contributed by atoms with Crippen molar-refractivity contribution in [3.63, 3.8) is 0 Å². The molecule has 1 aromatic rings. The van der Waals surface area contributed by atoms with E-state index in [0.29, 0.717) is 11.2 Å². The average molecular weight is 267 g/mol. The molecule has 0 amide bonds. The third kappa shape index (κ3) is 3.24. The second-order valence-electron chi connectivity index (χ2n) is 5.21. The molecule has 1 aromatic heterocycles. The lowest BCUT2D eigenvalue weighted by Gasteiger charge is -2.36. The number of piperidine rings is 1. The van der Waals surface area contributed by atoms with Crippen molar-refractivity contribution in [3.8, 4) is 0 Å². The third-order valence-electron chi connectivity index (χ3n) is 3.86. The molecule has 2 heterocycles. The molecule has 1 saturated heterocycles. The summed E-state index contributed by atoms with van der Waals surface area (Å²) in [6, 6.07) is 4.64. The number of halogens is 1. The second kappa shape index (κ2) is 6.53. The van der Waals surface area contributed by atoms with Crippen molar-refractivity contribution in [2.45, 2.75) is 52.0 Å². The van der Waals surface area contributed by atoms with Crippen molar-refractivity contribution in [2.75, 3.05) is 13.1 Å². The zero-order chi connectivity index (χ0) is 13.0. The van der Waals surface area contributed by atoms with Crippen molar-refractivity contribution in [1.29, 1.82) is 0 Å². The standard InChI is InChI=1S/C15H23ClN2/c1-3-4-10-18-11-6-5-7-14(18)13-8-9-15(16)17-12(13)2/h8-9,14H,3-7,10-11H2,1-2H3/t14-/m0/s1. The minimum Gasteiger partial charge on any atom is -0.296 e. The van der Waals surface area contributed by atoms with Crippen LogP contribution in [0.25, 0.3) is 0 Å².